The minimum absolute atomic E-state index is 0.170. The number of halogens is 4. The van der Waals surface area contributed by atoms with Crippen molar-refractivity contribution in [1.82, 2.24) is 9.78 Å². The van der Waals surface area contributed by atoms with Crippen LogP contribution in [0.15, 0.2) is 35.7 Å². The number of benzene rings is 1. The van der Waals surface area contributed by atoms with Crippen LogP contribution < -0.4 is 5.73 Å². The average Bonchev–Trinajstić information content (AvgIpc) is 2.87. The quantitative estimate of drug-likeness (QED) is 0.387. The van der Waals surface area contributed by atoms with Gasteiger partial charge in [0.05, 0.1) is 17.4 Å². The molecule has 1 aromatic heterocycles. The van der Waals surface area contributed by atoms with Crippen LogP contribution >= 0.6 is 11.6 Å². The maximum atomic E-state index is 12.6. The van der Waals surface area contributed by atoms with Crippen LogP contribution in [0.2, 0.25) is 5.02 Å². The fourth-order valence-electron chi connectivity index (χ4n) is 1.57. The summed E-state index contributed by atoms with van der Waals surface area (Å²) in [4.78, 5) is 0. The molecule has 0 fully saturated rings. The molecular weight excluding hydrogens is 297 g/mol. The lowest BCUT2D eigenvalue weighted by molar-refractivity contribution is -0.137. The number of aromatic nitrogens is 2. The van der Waals surface area contributed by atoms with Crippen LogP contribution in [0.1, 0.15) is 11.1 Å². The second-order valence-corrected chi connectivity index (χ2v) is 4.25. The zero-order valence-electron chi connectivity index (χ0n) is 9.76. The Labute approximate surface area is 116 Å². The Morgan fingerprint density at radius 3 is 2.65 bits per heavy atom. The van der Waals surface area contributed by atoms with E-state index in [-0.39, 0.29) is 22.1 Å². The number of alkyl halides is 3. The lowest BCUT2D eigenvalue weighted by Gasteiger charge is -2.09. The van der Waals surface area contributed by atoms with E-state index in [0.717, 1.165) is 10.9 Å². The molecule has 20 heavy (non-hydrogen) atoms. The molecule has 2 rings (SSSR count). The number of oxime groups is 1. The van der Waals surface area contributed by atoms with Gasteiger partial charge in [0.25, 0.3) is 0 Å². The molecule has 0 atom stereocenters. The van der Waals surface area contributed by atoms with Gasteiger partial charge in [0.2, 0.25) is 0 Å². The highest BCUT2D eigenvalue weighted by atomic mass is 35.5. The van der Waals surface area contributed by atoms with E-state index in [0.29, 0.717) is 6.20 Å². The summed E-state index contributed by atoms with van der Waals surface area (Å²) >= 11 is 5.80. The summed E-state index contributed by atoms with van der Waals surface area (Å²) in [6.07, 6.45) is -3.04. The number of hydrogen-bond acceptors (Lipinski definition) is 3. The molecule has 0 aliphatic rings. The van der Waals surface area contributed by atoms with Gasteiger partial charge in [-0.1, -0.05) is 16.8 Å². The van der Waals surface area contributed by atoms with Crippen molar-refractivity contribution in [2.75, 3.05) is 0 Å². The minimum atomic E-state index is -4.51. The number of hydrogen-bond donors (Lipinski definition) is 2. The van der Waals surface area contributed by atoms with Gasteiger partial charge in [-0.3, -0.25) is 0 Å². The largest absolute Gasteiger partial charge is 0.419 e. The van der Waals surface area contributed by atoms with Crippen molar-refractivity contribution in [1.29, 1.82) is 0 Å². The van der Waals surface area contributed by atoms with Gasteiger partial charge >= 0.3 is 6.18 Å². The van der Waals surface area contributed by atoms with Gasteiger partial charge < -0.3 is 10.9 Å². The van der Waals surface area contributed by atoms with E-state index in [2.05, 4.69) is 10.3 Å². The van der Waals surface area contributed by atoms with Gasteiger partial charge in [-0.25, -0.2) is 4.68 Å². The standard InChI is InChI=1S/C11H8ClF3N4O/c12-7-1-2-8(10(16)18-20)9(3-7)19-5-6(4-17-19)11(13,14)15/h1-5,20H,(H2,16,18). The van der Waals surface area contributed by atoms with E-state index < -0.39 is 11.7 Å². The Bertz CT molecular complexity index is 666. The molecule has 0 bridgehead atoms. The van der Waals surface area contributed by atoms with Crippen LogP contribution in [0, 0.1) is 0 Å². The monoisotopic (exact) mass is 304 g/mol. The molecule has 0 aliphatic heterocycles. The second kappa shape index (κ2) is 5.04. The molecule has 5 nitrogen and oxygen atoms in total. The molecule has 0 aliphatic carbocycles. The molecule has 0 saturated heterocycles. The Morgan fingerprint density at radius 2 is 2.10 bits per heavy atom. The van der Waals surface area contributed by atoms with E-state index in [1.807, 2.05) is 0 Å². The Balaban J connectivity index is 2.57. The number of nitrogens with two attached hydrogens (primary N) is 1. The Morgan fingerprint density at radius 1 is 1.40 bits per heavy atom. The van der Waals surface area contributed by atoms with Crippen LogP contribution in [0.5, 0.6) is 0 Å². The van der Waals surface area contributed by atoms with Gasteiger partial charge in [-0.2, -0.15) is 18.3 Å². The molecule has 0 saturated carbocycles. The highest BCUT2D eigenvalue weighted by molar-refractivity contribution is 6.31. The first kappa shape index (κ1) is 14.2. The lowest BCUT2D eigenvalue weighted by Crippen LogP contribution is -2.16. The minimum Gasteiger partial charge on any atom is -0.409 e. The first-order chi connectivity index (χ1) is 9.32. The lowest BCUT2D eigenvalue weighted by atomic mass is 10.1. The third-order valence-corrected chi connectivity index (χ3v) is 2.74. The number of nitrogens with zero attached hydrogens (tertiary/aromatic N) is 3. The molecule has 1 aromatic carbocycles. The molecule has 0 spiro atoms. The SMILES string of the molecule is NC(=NO)c1ccc(Cl)cc1-n1cc(C(F)(F)F)cn1. The summed E-state index contributed by atoms with van der Waals surface area (Å²) in [5.74, 6) is -0.263. The summed E-state index contributed by atoms with van der Waals surface area (Å²) in [7, 11) is 0. The molecule has 106 valence electrons. The fourth-order valence-corrected chi connectivity index (χ4v) is 1.73. The smallest absolute Gasteiger partial charge is 0.409 e. The Hall–Kier alpha value is -2.22. The van der Waals surface area contributed by atoms with Gasteiger partial charge in [-0.05, 0) is 18.2 Å². The van der Waals surface area contributed by atoms with Gasteiger partial charge in [0, 0.05) is 16.8 Å². The second-order valence-electron chi connectivity index (χ2n) is 3.82. The predicted molar refractivity (Wildman–Crippen MR) is 66.1 cm³/mol. The highest BCUT2D eigenvalue weighted by Gasteiger charge is 2.32. The van der Waals surface area contributed by atoms with Crippen LogP contribution in [0.4, 0.5) is 13.2 Å². The van der Waals surface area contributed by atoms with Crippen molar-refractivity contribution in [3.05, 3.63) is 46.7 Å². The molecule has 0 amide bonds. The summed E-state index contributed by atoms with van der Waals surface area (Å²) in [6, 6.07) is 4.25. The van der Waals surface area contributed by atoms with E-state index >= 15 is 0 Å². The van der Waals surface area contributed by atoms with Crippen LogP contribution in [-0.4, -0.2) is 20.8 Å². The summed E-state index contributed by atoms with van der Waals surface area (Å²) in [5.41, 5.74) is 4.93. The summed E-state index contributed by atoms with van der Waals surface area (Å²) in [5, 5.41) is 15.4. The third-order valence-electron chi connectivity index (χ3n) is 2.50. The maximum absolute atomic E-state index is 12.6. The van der Waals surface area contributed by atoms with Crippen molar-refractivity contribution in [2.45, 2.75) is 6.18 Å². The molecule has 1 heterocycles. The first-order valence-corrected chi connectivity index (χ1v) is 5.60. The maximum Gasteiger partial charge on any atom is 0.419 e. The topological polar surface area (TPSA) is 76.4 Å². The number of rotatable bonds is 2. The third kappa shape index (κ3) is 2.69. The molecule has 0 radical (unpaired) electrons. The highest BCUT2D eigenvalue weighted by Crippen LogP contribution is 2.30. The zero-order valence-corrected chi connectivity index (χ0v) is 10.5. The van der Waals surface area contributed by atoms with Crippen molar-refractivity contribution < 1.29 is 18.4 Å². The molecule has 3 N–H and O–H groups in total. The van der Waals surface area contributed by atoms with Crippen LogP contribution in [-0.2, 0) is 6.18 Å². The average molecular weight is 305 g/mol. The first-order valence-electron chi connectivity index (χ1n) is 5.22. The van der Waals surface area contributed by atoms with E-state index in [4.69, 9.17) is 22.5 Å². The number of amidine groups is 1. The van der Waals surface area contributed by atoms with Crippen LogP contribution in [0.25, 0.3) is 5.69 Å². The van der Waals surface area contributed by atoms with E-state index in [1.165, 1.54) is 18.2 Å². The van der Waals surface area contributed by atoms with Crippen molar-refractivity contribution >= 4 is 17.4 Å². The van der Waals surface area contributed by atoms with E-state index in [9.17, 15) is 13.2 Å². The zero-order chi connectivity index (χ0) is 14.9. The molecule has 0 unspecified atom stereocenters. The molecule has 2 aromatic rings. The van der Waals surface area contributed by atoms with E-state index in [1.54, 1.807) is 0 Å². The van der Waals surface area contributed by atoms with Crippen molar-refractivity contribution in [3.63, 3.8) is 0 Å². The van der Waals surface area contributed by atoms with Gasteiger partial charge in [-0.15, -0.1) is 0 Å². The van der Waals surface area contributed by atoms with Crippen LogP contribution in [0.3, 0.4) is 0 Å². The molecule has 9 heteroatoms. The Kier molecular flexibility index (Phi) is 3.58. The van der Waals surface area contributed by atoms with Crippen molar-refractivity contribution in [3.8, 4) is 5.69 Å². The summed E-state index contributed by atoms with van der Waals surface area (Å²) < 4.78 is 38.6. The normalized spacial score (nSPS) is 12.7. The molecular formula is C11H8ClF3N4O. The summed E-state index contributed by atoms with van der Waals surface area (Å²) in [6.45, 7) is 0. The predicted octanol–water partition coefficient (Wildman–Crippen LogP) is 2.64. The fraction of sp³-hybridized carbons (Fsp3) is 0.0909. The van der Waals surface area contributed by atoms with Gasteiger partial charge in [0.15, 0.2) is 5.84 Å². The van der Waals surface area contributed by atoms with Gasteiger partial charge in [0.1, 0.15) is 0 Å². The van der Waals surface area contributed by atoms with Crippen molar-refractivity contribution in [2.24, 2.45) is 10.9 Å².